The topological polar surface area (TPSA) is 46.2 Å². The molecular weight excluding hydrogens is 202 g/mol. The van der Waals surface area contributed by atoms with Gasteiger partial charge in [-0.2, -0.15) is 0 Å². The molecule has 4 heteroatoms. The van der Waals surface area contributed by atoms with E-state index in [4.69, 9.17) is 5.73 Å². The summed E-state index contributed by atoms with van der Waals surface area (Å²) in [5, 5.41) is 10.6. The number of aromatic hydroxyl groups is 1. The molecule has 0 amide bonds. The number of thiophene rings is 1. The molecule has 0 aliphatic carbocycles. The van der Waals surface area contributed by atoms with E-state index in [2.05, 4.69) is 0 Å². The highest BCUT2D eigenvalue weighted by atomic mass is 32.2. The first kappa shape index (κ1) is 8.72. The quantitative estimate of drug-likeness (QED) is 0.713. The van der Waals surface area contributed by atoms with E-state index in [0.717, 1.165) is 15.0 Å². The second-order valence-electron chi connectivity index (χ2n) is 2.68. The van der Waals surface area contributed by atoms with E-state index in [9.17, 15) is 5.11 Å². The SMILES string of the molecule is CSc1ccc2sc(O)c(N)c2c1. The summed E-state index contributed by atoms with van der Waals surface area (Å²) < 4.78 is 1.04. The van der Waals surface area contributed by atoms with Crippen LogP contribution in [0.3, 0.4) is 0 Å². The number of nitrogen functional groups attached to an aromatic ring is 1. The maximum Gasteiger partial charge on any atom is 0.196 e. The van der Waals surface area contributed by atoms with Gasteiger partial charge in [-0.3, -0.25) is 0 Å². The van der Waals surface area contributed by atoms with Crippen LogP contribution in [0.15, 0.2) is 23.1 Å². The van der Waals surface area contributed by atoms with E-state index in [0.29, 0.717) is 5.69 Å². The Morgan fingerprint density at radius 3 is 2.92 bits per heavy atom. The molecular formula is C9H9NOS2. The third-order valence-corrected chi connectivity index (χ3v) is 3.63. The molecule has 0 fully saturated rings. The fourth-order valence-corrected chi connectivity index (χ4v) is 2.49. The molecule has 1 aromatic carbocycles. The smallest absolute Gasteiger partial charge is 0.196 e. The Kier molecular flexibility index (Phi) is 2.09. The van der Waals surface area contributed by atoms with Crippen LogP contribution in [0.25, 0.3) is 10.1 Å². The van der Waals surface area contributed by atoms with Crippen molar-refractivity contribution in [1.29, 1.82) is 0 Å². The van der Waals surface area contributed by atoms with Crippen molar-refractivity contribution in [2.75, 3.05) is 12.0 Å². The van der Waals surface area contributed by atoms with E-state index in [1.807, 2.05) is 24.5 Å². The molecule has 2 nitrogen and oxygen atoms in total. The summed E-state index contributed by atoms with van der Waals surface area (Å²) in [5.74, 6) is 0. The Labute approximate surface area is 84.4 Å². The molecule has 2 rings (SSSR count). The molecule has 0 saturated heterocycles. The molecule has 2 aromatic rings. The van der Waals surface area contributed by atoms with Crippen molar-refractivity contribution in [2.24, 2.45) is 0 Å². The molecule has 13 heavy (non-hydrogen) atoms. The van der Waals surface area contributed by atoms with E-state index in [-0.39, 0.29) is 5.06 Å². The van der Waals surface area contributed by atoms with Crippen molar-refractivity contribution in [3.63, 3.8) is 0 Å². The highest BCUT2D eigenvalue weighted by molar-refractivity contribution is 7.98. The van der Waals surface area contributed by atoms with E-state index in [1.165, 1.54) is 11.3 Å². The first-order chi connectivity index (χ1) is 6.22. The Morgan fingerprint density at radius 2 is 2.23 bits per heavy atom. The largest absolute Gasteiger partial charge is 0.498 e. The van der Waals surface area contributed by atoms with Crippen LogP contribution in [0.2, 0.25) is 0 Å². The van der Waals surface area contributed by atoms with Gasteiger partial charge < -0.3 is 10.8 Å². The average molecular weight is 211 g/mol. The van der Waals surface area contributed by atoms with Crippen molar-refractivity contribution in [2.45, 2.75) is 4.90 Å². The third kappa shape index (κ3) is 1.36. The third-order valence-electron chi connectivity index (χ3n) is 1.91. The Bertz CT molecular complexity index is 450. The minimum Gasteiger partial charge on any atom is -0.498 e. The predicted molar refractivity (Wildman–Crippen MR) is 59.7 cm³/mol. The molecule has 0 spiro atoms. The van der Waals surface area contributed by atoms with Crippen molar-refractivity contribution in [3.8, 4) is 5.06 Å². The first-order valence-electron chi connectivity index (χ1n) is 3.77. The van der Waals surface area contributed by atoms with Gasteiger partial charge in [0.1, 0.15) is 0 Å². The second-order valence-corrected chi connectivity index (χ2v) is 4.59. The minimum absolute atomic E-state index is 0.216. The number of nitrogens with two attached hydrogens (primary N) is 1. The van der Waals surface area contributed by atoms with E-state index < -0.39 is 0 Å². The number of hydrogen-bond donors (Lipinski definition) is 2. The number of thioether (sulfide) groups is 1. The summed E-state index contributed by atoms with van der Waals surface area (Å²) >= 11 is 2.99. The van der Waals surface area contributed by atoms with E-state index >= 15 is 0 Å². The molecule has 0 saturated carbocycles. The van der Waals surface area contributed by atoms with Crippen molar-refractivity contribution in [1.82, 2.24) is 0 Å². The summed E-state index contributed by atoms with van der Waals surface area (Å²) in [6.07, 6.45) is 2.02. The van der Waals surface area contributed by atoms with Gasteiger partial charge in [0, 0.05) is 15.0 Å². The monoisotopic (exact) mass is 211 g/mol. The fraction of sp³-hybridized carbons (Fsp3) is 0.111. The van der Waals surface area contributed by atoms with Crippen molar-refractivity contribution >= 4 is 38.9 Å². The molecule has 0 unspecified atom stereocenters. The molecule has 0 aliphatic rings. The van der Waals surface area contributed by atoms with Gasteiger partial charge in [-0.15, -0.1) is 11.8 Å². The second kappa shape index (κ2) is 3.12. The van der Waals surface area contributed by atoms with Gasteiger partial charge in [0.2, 0.25) is 0 Å². The average Bonchev–Trinajstić information content (AvgIpc) is 2.43. The number of benzene rings is 1. The van der Waals surface area contributed by atoms with Crippen molar-refractivity contribution < 1.29 is 5.11 Å². The van der Waals surface area contributed by atoms with Crippen LogP contribution in [0.1, 0.15) is 0 Å². The van der Waals surface area contributed by atoms with Crippen LogP contribution in [0.4, 0.5) is 5.69 Å². The molecule has 0 atom stereocenters. The van der Waals surface area contributed by atoms with Crippen molar-refractivity contribution in [3.05, 3.63) is 18.2 Å². The maximum absolute atomic E-state index is 9.39. The molecule has 3 N–H and O–H groups in total. The van der Waals surface area contributed by atoms with Crippen LogP contribution in [0.5, 0.6) is 5.06 Å². The molecule has 68 valence electrons. The highest BCUT2D eigenvalue weighted by Gasteiger charge is 2.07. The van der Waals surface area contributed by atoms with Crippen LogP contribution in [0, 0.1) is 0 Å². The molecule has 0 radical (unpaired) electrons. The van der Waals surface area contributed by atoms with Crippen LogP contribution >= 0.6 is 23.1 Å². The molecule has 0 aliphatic heterocycles. The number of rotatable bonds is 1. The predicted octanol–water partition coefficient (Wildman–Crippen LogP) is 2.91. The normalized spacial score (nSPS) is 10.8. The Hall–Kier alpha value is -0.870. The maximum atomic E-state index is 9.39. The number of fused-ring (bicyclic) bond motifs is 1. The summed E-state index contributed by atoms with van der Waals surface area (Å²) in [6, 6.07) is 6.02. The van der Waals surface area contributed by atoms with Crippen LogP contribution in [-0.4, -0.2) is 11.4 Å². The lowest BCUT2D eigenvalue weighted by Gasteiger charge is -1.96. The Balaban J connectivity index is 2.75. The van der Waals surface area contributed by atoms with Gasteiger partial charge in [-0.05, 0) is 24.5 Å². The van der Waals surface area contributed by atoms with Crippen LogP contribution in [-0.2, 0) is 0 Å². The molecule has 0 bridgehead atoms. The van der Waals surface area contributed by atoms with Gasteiger partial charge in [-0.25, -0.2) is 0 Å². The summed E-state index contributed by atoms with van der Waals surface area (Å²) in [7, 11) is 0. The molecule has 1 aromatic heterocycles. The zero-order chi connectivity index (χ0) is 9.42. The zero-order valence-electron chi connectivity index (χ0n) is 7.07. The molecule has 1 heterocycles. The highest BCUT2D eigenvalue weighted by Crippen LogP contribution is 2.40. The summed E-state index contributed by atoms with van der Waals surface area (Å²) in [4.78, 5) is 1.16. The number of anilines is 1. The summed E-state index contributed by atoms with van der Waals surface area (Å²) in [6.45, 7) is 0. The van der Waals surface area contributed by atoms with E-state index in [1.54, 1.807) is 11.8 Å². The van der Waals surface area contributed by atoms with Gasteiger partial charge >= 0.3 is 0 Å². The van der Waals surface area contributed by atoms with Gasteiger partial charge in [0.25, 0.3) is 0 Å². The lowest BCUT2D eigenvalue weighted by molar-refractivity contribution is 0.493. The van der Waals surface area contributed by atoms with Crippen LogP contribution < -0.4 is 5.73 Å². The van der Waals surface area contributed by atoms with Gasteiger partial charge in [0.15, 0.2) is 5.06 Å². The fourth-order valence-electron chi connectivity index (χ4n) is 1.21. The summed E-state index contributed by atoms with van der Waals surface area (Å²) in [5.41, 5.74) is 6.21. The van der Waals surface area contributed by atoms with Gasteiger partial charge in [-0.1, -0.05) is 11.3 Å². The number of hydrogen-bond acceptors (Lipinski definition) is 4. The lowest BCUT2D eigenvalue weighted by Crippen LogP contribution is -1.81. The minimum atomic E-state index is 0.216. The zero-order valence-corrected chi connectivity index (χ0v) is 8.71. The first-order valence-corrected chi connectivity index (χ1v) is 5.81. The standard InChI is InChI=1S/C9H9NOS2/c1-12-5-2-3-7-6(4-5)8(10)9(11)13-7/h2-4,11H,10H2,1H3. The lowest BCUT2D eigenvalue weighted by atomic mass is 10.2. The Morgan fingerprint density at radius 1 is 1.46 bits per heavy atom. The van der Waals surface area contributed by atoms with Gasteiger partial charge in [0.05, 0.1) is 5.69 Å².